The molecule has 0 saturated carbocycles. The number of nitrogens with zero attached hydrogens (tertiary/aromatic N) is 1. The fourth-order valence-electron chi connectivity index (χ4n) is 2.53. The molecule has 2 heterocycles. The summed E-state index contributed by atoms with van der Waals surface area (Å²) in [4.78, 5) is 37.1. The van der Waals surface area contributed by atoms with Gasteiger partial charge in [-0.25, -0.2) is 0 Å². The second-order valence-corrected chi connectivity index (χ2v) is 5.64. The maximum atomic E-state index is 12.4. The van der Waals surface area contributed by atoms with Crippen LogP contribution >= 0.6 is 15.9 Å². The van der Waals surface area contributed by atoms with E-state index < -0.39 is 5.43 Å². The number of carbonyl (C=O) groups excluding carboxylic acids is 2. The summed E-state index contributed by atoms with van der Waals surface area (Å²) in [5.41, 5.74) is -0.132. The Bertz CT molecular complexity index is 783. The molecular weight excluding hydrogens is 338 g/mol. The number of carbonyl (C=O) groups is 2. The average Bonchev–Trinajstić information content (AvgIpc) is 2.88. The van der Waals surface area contributed by atoms with Gasteiger partial charge in [-0.3, -0.25) is 19.3 Å². The van der Waals surface area contributed by atoms with Crippen molar-refractivity contribution in [1.82, 2.24) is 0 Å². The van der Waals surface area contributed by atoms with E-state index in [9.17, 15) is 14.4 Å². The summed E-state index contributed by atoms with van der Waals surface area (Å²) in [6.07, 6.45) is 0.836. The highest BCUT2D eigenvalue weighted by Crippen LogP contribution is 2.29. The highest BCUT2D eigenvalue weighted by molar-refractivity contribution is 9.09. The van der Waals surface area contributed by atoms with Crippen LogP contribution in [0, 0.1) is 5.92 Å². The van der Waals surface area contributed by atoms with Gasteiger partial charge in [0.15, 0.2) is 6.29 Å². The summed E-state index contributed by atoms with van der Waals surface area (Å²) < 4.78 is 5.67. The van der Waals surface area contributed by atoms with Crippen molar-refractivity contribution in [1.29, 1.82) is 0 Å². The largest absolute Gasteiger partial charge is 0.439 e. The van der Waals surface area contributed by atoms with Crippen molar-refractivity contribution >= 4 is 45.0 Å². The summed E-state index contributed by atoms with van der Waals surface area (Å²) >= 11 is 3.35. The maximum Gasteiger partial charge on any atom is 0.229 e. The number of rotatable bonds is 3. The first-order valence-corrected chi connectivity index (χ1v) is 7.65. The molecule has 0 aliphatic carbocycles. The summed E-state index contributed by atoms with van der Waals surface area (Å²) in [6.45, 7) is 0.437. The fraction of sp³-hybridized carbons (Fsp3) is 0.267. The van der Waals surface area contributed by atoms with Crippen LogP contribution in [0.4, 0.5) is 5.88 Å². The summed E-state index contributed by atoms with van der Waals surface area (Å²) in [5.74, 6) is 0.0666. The van der Waals surface area contributed by atoms with Gasteiger partial charge in [-0.2, -0.15) is 0 Å². The topological polar surface area (TPSA) is 67.6 Å². The number of hydrogen-bond donors (Lipinski definition) is 0. The van der Waals surface area contributed by atoms with Gasteiger partial charge >= 0.3 is 0 Å². The molecule has 0 spiro atoms. The number of anilines is 1. The van der Waals surface area contributed by atoms with E-state index in [1.165, 1.54) is 4.90 Å². The van der Waals surface area contributed by atoms with Crippen molar-refractivity contribution in [2.45, 2.75) is 6.42 Å². The third-order valence-electron chi connectivity index (χ3n) is 3.60. The first-order chi connectivity index (χ1) is 10.2. The quantitative estimate of drug-likeness (QED) is 0.630. The number of halogens is 1. The SMILES string of the molecule is O=Cc1c(N2CC(CBr)CC2=O)oc2ccccc2c1=O. The molecule has 5 nitrogen and oxygen atoms in total. The molecule has 108 valence electrons. The van der Waals surface area contributed by atoms with Crippen LogP contribution in [0.3, 0.4) is 0 Å². The number of fused-ring (bicyclic) bond motifs is 1. The van der Waals surface area contributed by atoms with Crippen LogP contribution in [0.25, 0.3) is 11.0 Å². The monoisotopic (exact) mass is 349 g/mol. The van der Waals surface area contributed by atoms with Crippen molar-refractivity contribution in [3.8, 4) is 0 Å². The number of benzene rings is 1. The highest BCUT2D eigenvalue weighted by atomic mass is 79.9. The van der Waals surface area contributed by atoms with Crippen molar-refractivity contribution < 1.29 is 14.0 Å². The molecule has 1 atom stereocenters. The summed E-state index contributed by atoms with van der Waals surface area (Å²) in [5, 5.41) is 1.02. The summed E-state index contributed by atoms with van der Waals surface area (Å²) in [7, 11) is 0. The molecule has 1 aliphatic rings. The molecule has 1 aromatic heterocycles. The van der Waals surface area contributed by atoms with Crippen LogP contribution < -0.4 is 10.3 Å². The van der Waals surface area contributed by atoms with Crippen LogP contribution in [0.15, 0.2) is 33.5 Å². The van der Waals surface area contributed by atoms with Gasteiger partial charge in [-0.1, -0.05) is 28.1 Å². The Hall–Kier alpha value is -1.95. The zero-order valence-electron chi connectivity index (χ0n) is 11.0. The van der Waals surface area contributed by atoms with Gasteiger partial charge in [0.1, 0.15) is 11.1 Å². The minimum atomic E-state index is -0.406. The Morgan fingerprint density at radius 3 is 2.76 bits per heavy atom. The van der Waals surface area contributed by atoms with Gasteiger partial charge in [-0.05, 0) is 18.1 Å². The lowest BCUT2D eigenvalue weighted by Crippen LogP contribution is -2.28. The third kappa shape index (κ3) is 2.29. The molecule has 0 bridgehead atoms. The first-order valence-electron chi connectivity index (χ1n) is 6.53. The molecule has 3 rings (SSSR count). The van der Waals surface area contributed by atoms with E-state index in [4.69, 9.17) is 4.42 Å². The molecule has 1 aliphatic heterocycles. The van der Waals surface area contributed by atoms with E-state index in [2.05, 4.69) is 15.9 Å². The number of alkyl halides is 1. The zero-order chi connectivity index (χ0) is 15.0. The Morgan fingerprint density at radius 1 is 1.33 bits per heavy atom. The van der Waals surface area contributed by atoms with Crippen molar-refractivity contribution in [3.05, 3.63) is 40.1 Å². The van der Waals surface area contributed by atoms with E-state index in [-0.39, 0.29) is 23.3 Å². The van der Waals surface area contributed by atoms with Gasteiger partial charge in [0, 0.05) is 18.3 Å². The van der Waals surface area contributed by atoms with E-state index in [1.54, 1.807) is 24.3 Å². The van der Waals surface area contributed by atoms with Crippen LogP contribution in [-0.2, 0) is 4.79 Å². The fourth-order valence-corrected chi connectivity index (χ4v) is 2.96. The number of amides is 1. The predicted octanol–water partition coefficient (Wildman–Crippen LogP) is 2.35. The maximum absolute atomic E-state index is 12.4. The Morgan fingerprint density at radius 2 is 2.10 bits per heavy atom. The van der Waals surface area contributed by atoms with Crippen molar-refractivity contribution in [2.75, 3.05) is 16.8 Å². The normalized spacial score (nSPS) is 18.4. The molecule has 1 saturated heterocycles. The highest BCUT2D eigenvalue weighted by Gasteiger charge is 2.33. The van der Waals surface area contributed by atoms with Crippen LogP contribution in [0.2, 0.25) is 0 Å². The Kier molecular flexibility index (Phi) is 3.63. The lowest BCUT2D eigenvalue weighted by atomic mass is 10.1. The van der Waals surface area contributed by atoms with Crippen LogP contribution in [0.1, 0.15) is 16.8 Å². The van der Waals surface area contributed by atoms with E-state index in [1.807, 2.05) is 0 Å². The second-order valence-electron chi connectivity index (χ2n) is 4.99. The molecule has 1 aromatic carbocycles. The van der Waals surface area contributed by atoms with E-state index in [0.717, 1.165) is 0 Å². The zero-order valence-corrected chi connectivity index (χ0v) is 12.6. The molecule has 0 N–H and O–H groups in total. The predicted molar refractivity (Wildman–Crippen MR) is 82.1 cm³/mol. The lowest BCUT2D eigenvalue weighted by Gasteiger charge is -2.16. The van der Waals surface area contributed by atoms with Gasteiger partial charge in [0.25, 0.3) is 0 Å². The Labute approximate surface area is 128 Å². The molecule has 1 unspecified atom stereocenters. The minimum absolute atomic E-state index is 0.0575. The molecule has 21 heavy (non-hydrogen) atoms. The lowest BCUT2D eigenvalue weighted by molar-refractivity contribution is -0.117. The number of para-hydroxylation sites is 1. The van der Waals surface area contributed by atoms with Gasteiger partial charge in [-0.15, -0.1) is 0 Å². The molecule has 1 amide bonds. The molecule has 6 heteroatoms. The first kappa shape index (κ1) is 14.0. The molecular formula is C15H12BrNO4. The van der Waals surface area contributed by atoms with E-state index >= 15 is 0 Å². The van der Waals surface area contributed by atoms with Gasteiger partial charge in [0.05, 0.1) is 5.39 Å². The van der Waals surface area contributed by atoms with Crippen molar-refractivity contribution in [3.63, 3.8) is 0 Å². The van der Waals surface area contributed by atoms with Crippen molar-refractivity contribution in [2.24, 2.45) is 5.92 Å². The smallest absolute Gasteiger partial charge is 0.229 e. The van der Waals surface area contributed by atoms with Crippen LogP contribution in [-0.4, -0.2) is 24.1 Å². The summed E-state index contributed by atoms with van der Waals surface area (Å²) in [6, 6.07) is 6.69. The molecule has 2 aromatic rings. The molecule has 1 fully saturated rings. The van der Waals surface area contributed by atoms with Gasteiger partial charge in [0.2, 0.25) is 17.2 Å². The van der Waals surface area contributed by atoms with Crippen LogP contribution in [0.5, 0.6) is 0 Å². The number of hydrogen-bond acceptors (Lipinski definition) is 4. The third-order valence-corrected chi connectivity index (χ3v) is 4.52. The standard InChI is InChI=1S/C15H12BrNO4/c16-6-9-5-13(19)17(7-9)15-11(8-18)14(20)10-3-1-2-4-12(10)21-15/h1-4,8-9H,5-7H2. The minimum Gasteiger partial charge on any atom is -0.439 e. The second kappa shape index (κ2) is 5.44. The number of aldehydes is 1. The van der Waals surface area contributed by atoms with E-state index in [0.29, 0.717) is 35.6 Å². The Balaban J connectivity index is 2.20. The van der Waals surface area contributed by atoms with Gasteiger partial charge < -0.3 is 4.42 Å². The molecule has 0 radical (unpaired) electrons. The average molecular weight is 350 g/mol.